The smallest absolute Gasteiger partial charge is 0.282 e. The van der Waals surface area contributed by atoms with Crippen molar-refractivity contribution in [3.63, 3.8) is 0 Å². The van der Waals surface area contributed by atoms with E-state index < -0.39 is 10.2 Å². The van der Waals surface area contributed by atoms with Gasteiger partial charge in [0.05, 0.1) is 12.8 Å². The van der Waals surface area contributed by atoms with Crippen molar-refractivity contribution in [2.24, 2.45) is 0 Å². The molecule has 3 rings (SSSR count). The molecule has 0 unspecified atom stereocenters. The highest BCUT2D eigenvalue weighted by molar-refractivity contribution is 7.86. The molecule has 2 aliphatic rings. The molecule has 2 fully saturated rings. The van der Waals surface area contributed by atoms with Gasteiger partial charge in [0, 0.05) is 58.1 Å². The van der Waals surface area contributed by atoms with E-state index in [1.54, 1.807) is 21.9 Å². The number of rotatable bonds is 5. The van der Waals surface area contributed by atoms with Gasteiger partial charge in [-0.15, -0.1) is 0 Å². The van der Waals surface area contributed by atoms with Gasteiger partial charge in [0.15, 0.2) is 0 Å². The van der Waals surface area contributed by atoms with E-state index in [9.17, 15) is 8.42 Å². The van der Waals surface area contributed by atoms with Crippen LogP contribution in [0.25, 0.3) is 0 Å². The molecule has 23 heavy (non-hydrogen) atoms. The lowest BCUT2D eigenvalue weighted by atomic mass is 10.3. The van der Waals surface area contributed by atoms with E-state index >= 15 is 0 Å². The molecule has 0 saturated carbocycles. The van der Waals surface area contributed by atoms with Crippen LogP contribution in [-0.4, -0.2) is 73.3 Å². The summed E-state index contributed by atoms with van der Waals surface area (Å²) in [5.74, 6) is 0.797. The van der Waals surface area contributed by atoms with Crippen LogP contribution in [0.1, 0.15) is 18.5 Å². The second-order valence-corrected chi connectivity index (χ2v) is 7.90. The molecule has 2 saturated heterocycles. The number of piperazine rings is 1. The minimum absolute atomic E-state index is 0.544. The van der Waals surface area contributed by atoms with Crippen LogP contribution in [0.15, 0.2) is 18.3 Å². The van der Waals surface area contributed by atoms with E-state index in [2.05, 4.69) is 9.88 Å². The van der Waals surface area contributed by atoms with Gasteiger partial charge in [0.1, 0.15) is 5.75 Å². The molecule has 0 radical (unpaired) electrons. The lowest BCUT2D eigenvalue weighted by Gasteiger charge is -2.35. The first-order chi connectivity index (χ1) is 11.1. The van der Waals surface area contributed by atoms with Crippen molar-refractivity contribution >= 4 is 10.2 Å². The molecule has 0 amide bonds. The Bertz CT molecular complexity index is 623. The zero-order valence-electron chi connectivity index (χ0n) is 13.5. The number of nitrogens with zero attached hydrogens (tertiary/aromatic N) is 4. The molecule has 3 heterocycles. The topological polar surface area (TPSA) is 66.0 Å². The van der Waals surface area contributed by atoms with Crippen molar-refractivity contribution in [2.45, 2.75) is 19.4 Å². The van der Waals surface area contributed by atoms with Crippen molar-refractivity contribution in [2.75, 3.05) is 46.4 Å². The third-order valence-corrected chi connectivity index (χ3v) is 6.49. The van der Waals surface area contributed by atoms with Crippen LogP contribution in [0.2, 0.25) is 0 Å². The first-order valence-corrected chi connectivity index (χ1v) is 9.46. The van der Waals surface area contributed by atoms with E-state index in [1.807, 2.05) is 12.1 Å². The number of methoxy groups -OCH3 is 1. The summed E-state index contributed by atoms with van der Waals surface area (Å²) in [4.78, 5) is 6.58. The first kappa shape index (κ1) is 16.6. The molecule has 0 atom stereocenters. The van der Waals surface area contributed by atoms with E-state index in [0.717, 1.165) is 43.9 Å². The maximum Gasteiger partial charge on any atom is 0.282 e. The van der Waals surface area contributed by atoms with Crippen LogP contribution in [0.4, 0.5) is 0 Å². The monoisotopic (exact) mass is 340 g/mol. The van der Waals surface area contributed by atoms with Gasteiger partial charge in [-0.2, -0.15) is 17.0 Å². The Labute approximate surface area is 138 Å². The summed E-state index contributed by atoms with van der Waals surface area (Å²) in [6.45, 7) is 4.59. The van der Waals surface area contributed by atoms with Crippen molar-refractivity contribution < 1.29 is 13.2 Å². The maximum absolute atomic E-state index is 12.5. The number of ether oxygens (including phenoxy) is 1. The van der Waals surface area contributed by atoms with Gasteiger partial charge >= 0.3 is 0 Å². The molecule has 7 nitrogen and oxygen atoms in total. The standard InChI is InChI=1S/C15H24N4O3S/c1-22-15-4-5-16-14(12-15)13-17-8-10-19(11-9-17)23(20,21)18-6-2-3-7-18/h4-5,12H,2-3,6-11,13H2,1H3. The molecule has 1 aromatic heterocycles. The van der Waals surface area contributed by atoms with Crippen LogP contribution in [0, 0.1) is 0 Å². The molecule has 0 aromatic carbocycles. The Morgan fingerprint density at radius 2 is 1.74 bits per heavy atom. The summed E-state index contributed by atoms with van der Waals surface area (Å²) in [5, 5.41) is 0. The molecule has 0 spiro atoms. The lowest BCUT2D eigenvalue weighted by Crippen LogP contribution is -2.52. The van der Waals surface area contributed by atoms with Crippen molar-refractivity contribution in [1.82, 2.24) is 18.5 Å². The summed E-state index contributed by atoms with van der Waals surface area (Å²) in [7, 11) is -1.62. The maximum atomic E-state index is 12.5. The van der Waals surface area contributed by atoms with Crippen LogP contribution < -0.4 is 4.74 Å². The predicted octanol–water partition coefficient (Wildman–Crippen LogP) is 0.548. The van der Waals surface area contributed by atoms with E-state index in [-0.39, 0.29) is 0 Å². The third kappa shape index (κ3) is 3.82. The second kappa shape index (κ2) is 7.12. The predicted molar refractivity (Wildman–Crippen MR) is 87.4 cm³/mol. The Morgan fingerprint density at radius 1 is 1.09 bits per heavy atom. The Balaban J connectivity index is 1.55. The summed E-state index contributed by atoms with van der Waals surface area (Å²) < 4.78 is 33.5. The zero-order valence-corrected chi connectivity index (χ0v) is 14.3. The first-order valence-electron chi connectivity index (χ1n) is 8.06. The van der Waals surface area contributed by atoms with Gasteiger partial charge in [-0.05, 0) is 18.9 Å². The molecule has 0 bridgehead atoms. The van der Waals surface area contributed by atoms with E-state index in [1.165, 1.54) is 0 Å². The fourth-order valence-electron chi connectivity index (χ4n) is 3.10. The van der Waals surface area contributed by atoms with E-state index in [4.69, 9.17) is 4.74 Å². The zero-order chi connectivity index (χ0) is 16.3. The minimum atomic E-state index is -3.26. The van der Waals surface area contributed by atoms with Gasteiger partial charge < -0.3 is 4.74 Å². The van der Waals surface area contributed by atoms with Gasteiger partial charge in [-0.3, -0.25) is 9.88 Å². The minimum Gasteiger partial charge on any atom is -0.497 e. The summed E-state index contributed by atoms with van der Waals surface area (Å²) in [6, 6.07) is 3.75. The van der Waals surface area contributed by atoms with Gasteiger partial charge in [-0.1, -0.05) is 0 Å². The molecule has 128 valence electrons. The number of aromatic nitrogens is 1. The number of hydrogen-bond donors (Lipinski definition) is 0. The van der Waals surface area contributed by atoms with Gasteiger partial charge in [0.2, 0.25) is 0 Å². The van der Waals surface area contributed by atoms with Crippen LogP contribution in [-0.2, 0) is 16.8 Å². The highest BCUT2D eigenvalue weighted by Crippen LogP contribution is 2.19. The summed E-state index contributed by atoms with van der Waals surface area (Å²) in [6.07, 6.45) is 3.68. The Hall–Kier alpha value is -1.22. The molecule has 0 N–H and O–H groups in total. The lowest BCUT2D eigenvalue weighted by molar-refractivity contribution is 0.174. The van der Waals surface area contributed by atoms with Crippen LogP contribution in [0.5, 0.6) is 5.75 Å². The number of pyridine rings is 1. The molecule has 2 aliphatic heterocycles. The van der Waals surface area contributed by atoms with Gasteiger partial charge in [0.25, 0.3) is 10.2 Å². The normalized spacial score (nSPS) is 21.6. The Kier molecular flexibility index (Phi) is 5.15. The molecule has 0 aliphatic carbocycles. The van der Waals surface area contributed by atoms with Crippen molar-refractivity contribution in [3.05, 3.63) is 24.0 Å². The second-order valence-electron chi connectivity index (χ2n) is 5.98. The van der Waals surface area contributed by atoms with E-state index in [0.29, 0.717) is 26.2 Å². The molecular formula is C15H24N4O3S. The highest BCUT2D eigenvalue weighted by Gasteiger charge is 2.33. The summed E-state index contributed by atoms with van der Waals surface area (Å²) >= 11 is 0. The third-order valence-electron chi connectivity index (χ3n) is 4.46. The number of hydrogen-bond acceptors (Lipinski definition) is 5. The van der Waals surface area contributed by atoms with Crippen LogP contribution in [0.3, 0.4) is 0 Å². The SMILES string of the molecule is COc1ccnc(CN2CCN(S(=O)(=O)N3CCCC3)CC2)c1. The fraction of sp³-hybridized carbons (Fsp3) is 0.667. The molecule has 8 heteroatoms. The highest BCUT2D eigenvalue weighted by atomic mass is 32.2. The average molecular weight is 340 g/mol. The molecule has 1 aromatic rings. The molecular weight excluding hydrogens is 316 g/mol. The summed E-state index contributed by atoms with van der Waals surface area (Å²) in [5.41, 5.74) is 0.945. The van der Waals surface area contributed by atoms with Gasteiger partial charge in [-0.25, -0.2) is 0 Å². The quantitative estimate of drug-likeness (QED) is 0.783. The Morgan fingerprint density at radius 3 is 2.39 bits per heavy atom. The van der Waals surface area contributed by atoms with Crippen molar-refractivity contribution in [3.8, 4) is 5.75 Å². The largest absolute Gasteiger partial charge is 0.497 e. The van der Waals surface area contributed by atoms with Crippen molar-refractivity contribution in [1.29, 1.82) is 0 Å². The fourth-order valence-corrected chi connectivity index (χ4v) is 4.77. The average Bonchev–Trinajstić information content (AvgIpc) is 3.11. The van der Waals surface area contributed by atoms with Crippen LogP contribution >= 0.6 is 0 Å².